The third kappa shape index (κ3) is 6.05. The van der Waals surface area contributed by atoms with E-state index in [4.69, 9.17) is 9.26 Å². The minimum Gasteiger partial charge on any atom is -0.494 e. The molecule has 0 saturated carbocycles. The lowest BCUT2D eigenvalue weighted by molar-refractivity contribution is -0.119. The van der Waals surface area contributed by atoms with E-state index in [2.05, 4.69) is 15.5 Å². The molecule has 31 heavy (non-hydrogen) atoms. The van der Waals surface area contributed by atoms with Gasteiger partial charge in [-0.3, -0.25) is 9.10 Å². The first-order valence-corrected chi connectivity index (χ1v) is 11.5. The Bertz CT molecular complexity index is 1140. The van der Waals surface area contributed by atoms with Gasteiger partial charge >= 0.3 is 0 Å². The highest BCUT2D eigenvalue weighted by molar-refractivity contribution is 7.92. The van der Waals surface area contributed by atoms with Crippen molar-refractivity contribution >= 4 is 21.6 Å². The maximum absolute atomic E-state index is 12.4. The average Bonchev–Trinajstić information content (AvgIpc) is 3.20. The largest absolute Gasteiger partial charge is 0.494 e. The minimum atomic E-state index is -3.70. The fourth-order valence-corrected chi connectivity index (χ4v) is 3.65. The molecule has 164 valence electrons. The third-order valence-corrected chi connectivity index (χ3v) is 5.46. The van der Waals surface area contributed by atoms with E-state index in [1.54, 1.807) is 24.3 Å². The van der Waals surface area contributed by atoms with Gasteiger partial charge in [0.2, 0.25) is 27.6 Å². The number of hydrogen-bond acceptors (Lipinski definition) is 7. The van der Waals surface area contributed by atoms with Crippen molar-refractivity contribution in [2.75, 3.05) is 23.7 Å². The lowest BCUT2D eigenvalue weighted by Gasteiger charge is -2.22. The predicted octanol–water partition coefficient (Wildman–Crippen LogP) is 2.53. The van der Waals surface area contributed by atoms with Crippen LogP contribution in [0.3, 0.4) is 0 Å². The molecule has 0 saturated heterocycles. The van der Waals surface area contributed by atoms with Crippen LogP contribution in [-0.2, 0) is 21.4 Å². The third-order valence-electron chi connectivity index (χ3n) is 4.32. The number of carbonyl (C=O) groups is 1. The molecule has 10 heteroatoms. The summed E-state index contributed by atoms with van der Waals surface area (Å²) in [5.41, 5.74) is 2.24. The molecule has 9 nitrogen and oxygen atoms in total. The molecular weight excluding hydrogens is 420 g/mol. The van der Waals surface area contributed by atoms with E-state index in [9.17, 15) is 13.2 Å². The van der Waals surface area contributed by atoms with Crippen molar-refractivity contribution in [3.8, 4) is 17.1 Å². The normalized spacial score (nSPS) is 11.2. The Labute approximate surface area is 181 Å². The topological polar surface area (TPSA) is 115 Å². The SMILES string of the molecule is CCOc1cccc(N(CC(=O)NCc2nc(-c3ccc(C)cc3)no2)S(C)(=O)=O)c1. The van der Waals surface area contributed by atoms with Crippen LogP contribution in [0, 0.1) is 6.92 Å². The van der Waals surface area contributed by atoms with Crippen LogP contribution < -0.4 is 14.4 Å². The zero-order valence-electron chi connectivity index (χ0n) is 17.5. The van der Waals surface area contributed by atoms with Gasteiger partial charge in [-0.1, -0.05) is 41.1 Å². The van der Waals surface area contributed by atoms with Crippen LogP contribution in [0.5, 0.6) is 5.75 Å². The molecule has 1 amide bonds. The summed E-state index contributed by atoms with van der Waals surface area (Å²) in [5.74, 6) is 0.633. The average molecular weight is 445 g/mol. The second-order valence-electron chi connectivity index (χ2n) is 6.85. The number of benzene rings is 2. The van der Waals surface area contributed by atoms with Crippen LogP contribution in [-0.4, -0.2) is 43.9 Å². The molecule has 1 N–H and O–H groups in total. The van der Waals surface area contributed by atoms with Crippen molar-refractivity contribution in [3.63, 3.8) is 0 Å². The highest BCUT2D eigenvalue weighted by Crippen LogP contribution is 2.23. The molecule has 1 aromatic heterocycles. The Morgan fingerprint density at radius 1 is 1.19 bits per heavy atom. The van der Waals surface area contributed by atoms with E-state index >= 15 is 0 Å². The highest BCUT2D eigenvalue weighted by atomic mass is 32.2. The van der Waals surface area contributed by atoms with E-state index < -0.39 is 22.5 Å². The van der Waals surface area contributed by atoms with Crippen LogP contribution >= 0.6 is 0 Å². The summed E-state index contributed by atoms with van der Waals surface area (Å²) in [6.07, 6.45) is 1.04. The fraction of sp³-hybridized carbons (Fsp3) is 0.286. The summed E-state index contributed by atoms with van der Waals surface area (Å²) in [4.78, 5) is 16.7. The van der Waals surface area contributed by atoms with Gasteiger partial charge in [0.25, 0.3) is 0 Å². The number of carbonyl (C=O) groups excluding carboxylic acids is 1. The molecule has 0 spiro atoms. The molecule has 0 unspecified atom stereocenters. The Morgan fingerprint density at radius 3 is 2.61 bits per heavy atom. The van der Waals surface area contributed by atoms with Gasteiger partial charge in [0.15, 0.2) is 0 Å². The predicted molar refractivity (Wildman–Crippen MR) is 116 cm³/mol. The summed E-state index contributed by atoms with van der Waals surface area (Å²) in [6.45, 7) is 3.84. The van der Waals surface area contributed by atoms with Gasteiger partial charge in [0.05, 0.1) is 25.1 Å². The van der Waals surface area contributed by atoms with Crippen molar-refractivity contribution in [3.05, 3.63) is 60.0 Å². The Hall–Kier alpha value is -3.40. The van der Waals surface area contributed by atoms with Gasteiger partial charge in [-0.25, -0.2) is 8.42 Å². The van der Waals surface area contributed by atoms with Crippen molar-refractivity contribution in [1.82, 2.24) is 15.5 Å². The number of nitrogens with zero attached hydrogens (tertiary/aromatic N) is 3. The summed E-state index contributed by atoms with van der Waals surface area (Å²) in [5, 5.41) is 6.52. The Kier molecular flexibility index (Phi) is 6.91. The monoisotopic (exact) mass is 444 g/mol. The number of rotatable bonds is 9. The molecule has 0 fully saturated rings. The molecular formula is C21H24N4O5S. The molecule has 3 rings (SSSR count). The maximum Gasteiger partial charge on any atom is 0.246 e. The maximum atomic E-state index is 12.4. The van der Waals surface area contributed by atoms with Gasteiger partial charge in [0, 0.05) is 11.6 Å². The highest BCUT2D eigenvalue weighted by Gasteiger charge is 2.21. The van der Waals surface area contributed by atoms with Crippen LogP contribution in [0.15, 0.2) is 53.1 Å². The van der Waals surface area contributed by atoms with Crippen molar-refractivity contribution in [2.24, 2.45) is 0 Å². The first kappa shape index (κ1) is 22.3. The zero-order chi connectivity index (χ0) is 22.4. The van der Waals surface area contributed by atoms with E-state index in [1.165, 1.54) is 0 Å². The van der Waals surface area contributed by atoms with Gasteiger partial charge in [-0.2, -0.15) is 4.98 Å². The number of sulfonamides is 1. The number of hydrogen-bond donors (Lipinski definition) is 1. The standard InChI is InChI=1S/C21H24N4O5S/c1-4-29-18-7-5-6-17(12-18)25(31(3,27)28)14-19(26)22-13-20-23-21(24-30-20)16-10-8-15(2)9-11-16/h5-12H,4,13-14H2,1-3H3,(H,22,26). The van der Waals surface area contributed by atoms with E-state index in [0.29, 0.717) is 23.9 Å². The van der Waals surface area contributed by atoms with Gasteiger partial charge in [-0.05, 0) is 26.0 Å². The lowest BCUT2D eigenvalue weighted by atomic mass is 10.1. The summed E-state index contributed by atoms with van der Waals surface area (Å²) in [6, 6.07) is 14.2. The number of amides is 1. The van der Waals surface area contributed by atoms with Gasteiger partial charge < -0.3 is 14.6 Å². The molecule has 1 heterocycles. The molecule has 3 aromatic rings. The second-order valence-corrected chi connectivity index (χ2v) is 8.76. The Balaban J connectivity index is 1.65. The molecule has 0 aliphatic heterocycles. The molecule has 0 aliphatic carbocycles. The van der Waals surface area contributed by atoms with Crippen molar-refractivity contribution in [1.29, 1.82) is 0 Å². The lowest BCUT2D eigenvalue weighted by Crippen LogP contribution is -2.40. The van der Waals surface area contributed by atoms with Gasteiger partial charge in [0.1, 0.15) is 12.3 Å². The first-order valence-electron chi connectivity index (χ1n) is 9.63. The molecule has 0 radical (unpaired) electrons. The number of nitrogens with one attached hydrogen (secondary N) is 1. The number of anilines is 1. The Morgan fingerprint density at radius 2 is 1.94 bits per heavy atom. The number of aryl methyl sites for hydroxylation is 1. The van der Waals surface area contributed by atoms with Crippen molar-refractivity contribution in [2.45, 2.75) is 20.4 Å². The smallest absolute Gasteiger partial charge is 0.246 e. The fourth-order valence-electron chi connectivity index (χ4n) is 2.80. The summed E-state index contributed by atoms with van der Waals surface area (Å²) < 4.78 is 36.1. The second kappa shape index (κ2) is 9.61. The quantitative estimate of drug-likeness (QED) is 0.539. The van der Waals surface area contributed by atoms with Gasteiger partial charge in [-0.15, -0.1) is 0 Å². The minimum absolute atomic E-state index is 0.0196. The van der Waals surface area contributed by atoms with E-state index in [1.807, 2.05) is 38.1 Å². The molecule has 2 aromatic carbocycles. The summed E-state index contributed by atoms with van der Waals surface area (Å²) in [7, 11) is -3.70. The van der Waals surface area contributed by atoms with E-state index in [-0.39, 0.29) is 12.4 Å². The summed E-state index contributed by atoms with van der Waals surface area (Å²) >= 11 is 0. The molecule has 0 aliphatic rings. The zero-order valence-corrected chi connectivity index (χ0v) is 18.3. The number of ether oxygens (including phenoxy) is 1. The van der Waals surface area contributed by atoms with Crippen LogP contribution in [0.4, 0.5) is 5.69 Å². The molecule has 0 bridgehead atoms. The van der Waals surface area contributed by atoms with Crippen LogP contribution in [0.2, 0.25) is 0 Å². The van der Waals surface area contributed by atoms with Crippen LogP contribution in [0.1, 0.15) is 18.4 Å². The van der Waals surface area contributed by atoms with E-state index in [0.717, 1.165) is 21.7 Å². The van der Waals surface area contributed by atoms with Crippen LogP contribution in [0.25, 0.3) is 11.4 Å². The molecule has 0 atom stereocenters. The van der Waals surface area contributed by atoms with Crippen molar-refractivity contribution < 1.29 is 22.5 Å². The first-order chi connectivity index (χ1) is 14.8. The number of aromatic nitrogens is 2.